The standard InChI is InChI=1S/C12H13ClN2O2S2/c1-17-8(9-4-5-10(13)19-9)7-14-12(16)15-11-3-2-6-18-11/h2-6,8H,7H2,1H3,(H2,14,15,16). The van der Waals surface area contributed by atoms with Gasteiger partial charge in [0.1, 0.15) is 6.10 Å². The summed E-state index contributed by atoms with van der Waals surface area (Å²) >= 11 is 8.80. The van der Waals surface area contributed by atoms with Crippen LogP contribution in [0.4, 0.5) is 9.80 Å². The molecule has 2 rings (SSSR count). The molecule has 4 nitrogen and oxygen atoms in total. The summed E-state index contributed by atoms with van der Waals surface area (Å²) in [5.74, 6) is 0. The number of nitrogens with one attached hydrogen (secondary N) is 2. The van der Waals surface area contributed by atoms with Crippen LogP contribution in [0, 0.1) is 0 Å². The molecule has 0 aromatic carbocycles. The molecule has 0 aliphatic rings. The lowest BCUT2D eigenvalue weighted by Crippen LogP contribution is -2.32. The Morgan fingerprint density at radius 2 is 2.32 bits per heavy atom. The monoisotopic (exact) mass is 316 g/mol. The third kappa shape index (κ3) is 4.21. The lowest BCUT2D eigenvalue weighted by molar-refractivity contribution is 0.107. The molecule has 2 aromatic heterocycles. The summed E-state index contributed by atoms with van der Waals surface area (Å²) in [7, 11) is 1.61. The van der Waals surface area contributed by atoms with Gasteiger partial charge in [0.2, 0.25) is 0 Å². The molecule has 0 radical (unpaired) electrons. The van der Waals surface area contributed by atoms with Crippen LogP contribution in [0.2, 0.25) is 4.34 Å². The zero-order valence-corrected chi connectivity index (χ0v) is 12.6. The predicted molar refractivity (Wildman–Crippen MR) is 80.4 cm³/mol. The van der Waals surface area contributed by atoms with Gasteiger partial charge in [0.25, 0.3) is 0 Å². The van der Waals surface area contributed by atoms with Crippen LogP contribution in [-0.2, 0) is 4.74 Å². The van der Waals surface area contributed by atoms with E-state index < -0.39 is 0 Å². The second-order valence-electron chi connectivity index (χ2n) is 3.68. The topological polar surface area (TPSA) is 50.4 Å². The molecule has 102 valence electrons. The molecule has 7 heteroatoms. The van der Waals surface area contributed by atoms with Gasteiger partial charge in [-0.2, -0.15) is 0 Å². The van der Waals surface area contributed by atoms with Gasteiger partial charge in [-0.1, -0.05) is 11.6 Å². The maximum absolute atomic E-state index is 11.7. The summed E-state index contributed by atoms with van der Waals surface area (Å²) in [6.07, 6.45) is -0.188. The average molecular weight is 317 g/mol. The number of carbonyl (C=O) groups is 1. The third-order valence-corrected chi connectivity index (χ3v) is 4.51. The Hall–Kier alpha value is -1.08. The Kier molecular flexibility index (Phi) is 5.21. The van der Waals surface area contributed by atoms with Crippen molar-refractivity contribution in [3.63, 3.8) is 0 Å². The maximum atomic E-state index is 11.7. The molecule has 2 N–H and O–H groups in total. The fourth-order valence-corrected chi connectivity index (χ4v) is 3.24. The fourth-order valence-electron chi connectivity index (χ4n) is 1.49. The number of amides is 2. The second-order valence-corrected chi connectivity index (χ2v) is 6.37. The summed E-state index contributed by atoms with van der Waals surface area (Å²) in [4.78, 5) is 12.7. The molecule has 1 unspecified atom stereocenters. The molecule has 1 atom stereocenters. The van der Waals surface area contributed by atoms with E-state index in [0.717, 1.165) is 9.88 Å². The molecule has 0 aliphatic carbocycles. The number of ether oxygens (including phenoxy) is 1. The predicted octanol–water partition coefficient (Wildman–Crippen LogP) is 3.97. The van der Waals surface area contributed by atoms with Gasteiger partial charge in [0.05, 0.1) is 15.9 Å². The van der Waals surface area contributed by atoms with Gasteiger partial charge >= 0.3 is 6.03 Å². The van der Waals surface area contributed by atoms with E-state index in [1.54, 1.807) is 7.11 Å². The number of anilines is 1. The molecule has 2 heterocycles. The first kappa shape index (κ1) is 14.3. The van der Waals surface area contributed by atoms with Crippen molar-refractivity contribution < 1.29 is 9.53 Å². The van der Waals surface area contributed by atoms with Crippen LogP contribution >= 0.6 is 34.3 Å². The van der Waals surface area contributed by atoms with Crippen molar-refractivity contribution in [1.29, 1.82) is 0 Å². The Morgan fingerprint density at radius 3 is 2.89 bits per heavy atom. The highest BCUT2D eigenvalue weighted by Crippen LogP contribution is 2.28. The van der Waals surface area contributed by atoms with Gasteiger partial charge in [-0.05, 0) is 29.6 Å². The highest BCUT2D eigenvalue weighted by molar-refractivity contribution is 7.16. The zero-order valence-electron chi connectivity index (χ0n) is 10.2. The Labute approximate surface area is 124 Å². The van der Waals surface area contributed by atoms with Crippen LogP contribution in [0.3, 0.4) is 0 Å². The van der Waals surface area contributed by atoms with E-state index >= 15 is 0 Å². The Bertz CT molecular complexity index is 528. The first-order valence-corrected chi connectivity index (χ1v) is 7.63. The largest absolute Gasteiger partial charge is 0.374 e. The quantitative estimate of drug-likeness (QED) is 0.877. The number of carbonyl (C=O) groups excluding carboxylic acids is 1. The molecule has 0 spiro atoms. The van der Waals surface area contributed by atoms with Gasteiger partial charge in [0.15, 0.2) is 0 Å². The maximum Gasteiger partial charge on any atom is 0.319 e. The number of halogens is 1. The first-order chi connectivity index (χ1) is 9.19. The summed E-state index contributed by atoms with van der Waals surface area (Å²) < 4.78 is 6.06. The van der Waals surface area contributed by atoms with E-state index in [9.17, 15) is 4.79 Å². The van der Waals surface area contributed by atoms with Crippen LogP contribution in [0.1, 0.15) is 11.0 Å². The van der Waals surface area contributed by atoms with E-state index in [4.69, 9.17) is 16.3 Å². The molecule has 0 bridgehead atoms. The van der Waals surface area contributed by atoms with Crippen LogP contribution in [-0.4, -0.2) is 19.7 Å². The Morgan fingerprint density at radius 1 is 1.47 bits per heavy atom. The smallest absolute Gasteiger partial charge is 0.319 e. The lowest BCUT2D eigenvalue weighted by atomic mass is 10.3. The zero-order chi connectivity index (χ0) is 13.7. The molecular weight excluding hydrogens is 304 g/mol. The van der Waals surface area contributed by atoms with E-state index in [1.807, 2.05) is 29.6 Å². The van der Waals surface area contributed by atoms with Gasteiger partial charge in [-0.25, -0.2) is 4.79 Å². The van der Waals surface area contributed by atoms with E-state index in [2.05, 4.69) is 10.6 Å². The van der Waals surface area contributed by atoms with Gasteiger partial charge in [-0.15, -0.1) is 22.7 Å². The van der Waals surface area contributed by atoms with Crippen molar-refractivity contribution in [2.75, 3.05) is 19.0 Å². The Balaban J connectivity index is 1.84. The number of hydrogen-bond donors (Lipinski definition) is 2. The highest BCUT2D eigenvalue weighted by Gasteiger charge is 2.14. The van der Waals surface area contributed by atoms with Crippen molar-refractivity contribution in [2.45, 2.75) is 6.10 Å². The van der Waals surface area contributed by atoms with Crippen molar-refractivity contribution in [3.05, 3.63) is 38.9 Å². The second kappa shape index (κ2) is 6.91. The summed E-state index contributed by atoms with van der Waals surface area (Å²) in [6.45, 7) is 0.393. The van der Waals surface area contributed by atoms with Crippen LogP contribution in [0.15, 0.2) is 29.6 Å². The number of thiophene rings is 2. The SMILES string of the molecule is COC(CNC(=O)Nc1cccs1)c1ccc(Cl)s1. The molecule has 0 fully saturated rings. The van der Waals surface area contributed by atoms with Gasteiger partial charge in [0, 0.05) is 12.0 Å². The van der Waals surface area contributed by atoms with Gasteiger partial charge < -0.3 is 10.1 Å². The van der Waals surface area contributed by atoms with Crippen LogP contribution in [0.25, 0.3) is 0 Å². The average Bonchev–Trinajstić information content (AvgIpc) is 3.02. The minimum absolute atomic E-state index is 0.188. The minimum Gasteiger partial charge on any atom is -0.374 e. The summed E-state index contributed by atoms with van der Waals surface area (Å²) in [6, 6.07) is 7.20. The fraction of sp³-hybridized carbons (Fsp3) is 0.250. The van der Waals surface area contributed by atoms with E-state index in [-0.39, 0.29) is 12.1 Å². The summed E-state index contributed by atoms with van der Waals surface area (Å²) in [5.41, 5.74) is 0. The number of methoxy groups -OCH3 is 1. The van der Waals surface area contributed by atoms with E-state index in [0.29, 0.717) is 10.9 Å². The normalized spacial score (nSPS) is 12.1. The number of rotatable bonds is 5. The molecule has 19 heavy (non-hydrogen) atoms. The number of hydrogen-bond acceptors (Lipinski definition) is 4. The van der Waals surface area contributed by atoms with E-state index in [1.165, 1.54) is 22.7 Å². The highest BCUT2D eigenvalue weighted by atomic mass is 35.5. The van der Waals surface area contributed by atoms with Crippen molar-refractivity contribution >= 4 is 45.3 Å². The van der Waals surface area contributed by atoms with Crippen molar-refractivity contribution in [2.24, 2.45) is 0 Å². The van der Waals surface area contributed by atoms with Crippen molar-refractivity contribution in [1.82, 2.24) is 5.32 Å². The summed E-state index contributed by atoms with van der Waals surface area (Å²) in [5, 5.41) is 8.24. The minimum atomic E-state index is -0.243. The molecule has 2 aromatic rings. The van der Waals surface area contributed by atoms with Crippen LogP contribution in [0.5, 0.6) is 0 Å². The van der Waals surface area contributed by atoms with Crippen molar-refractivity contribution in [3.8, 4) is 0 Å². The third-order valence-electron chi connectivity index (χ3n) is 2.40. The molecule has 0 saturated heterocycles. The number of urea groups is 1. The molecular formula is C12H13ClN2O2S2. The molecule has 2 amide bonds. The molecule has 0 aliphatic heterocycles. The lowest BCUT2D eigenvalue weighted by Gasteiger charge is -2.14. The molecule has 0 saturated carbocycles. The van der Waals surface area contributed by atoms with Crippen LogP contribution < -0.4 is 10.6 Å². The van der Waals surface area contributed by atoms with Gasteiger partial charge in [-0.3, -0.25) is 5.32 Å². The first-order valence-electron chi connectivity index (χ1n) is 5.55.